The Morgan fingerprint density at radius 3 is 1.82 bits per heavy atom. The van der Waals surface area contributed by atoms with E-state index in [-0.39, 0.29) is 10.6 Å². The second-order valence-corrected chi connectivity index (χ2v) is 3.80. The summed E-state index contributed by atoms with van der Waals surface area (Å²) in [5, 5.41) is 21.7. The van der Waals surface area contributed by atoms with Crippen molar-refractivity contribution >= 4 is 5.69 Å². The molecule has 0 unspecified atom stereocenters. The van der Waals surface area contributed by atoms with Crippen molar-refractivity contribution in [1.29, 1.82) is 0 Å². The number of hydrogen-bond donors (Lipinski definition) is 0. The van der Waals surface area contributed by atoms with Gasteiger partial charge in [-0.25, -0.2) is 0 Å². The van der Waals surface area contributed by atoms with E-state index < -0.39 is 10.5 Å². The van der Waals surface area contributed by atoms with E-state index in [0.717, 1.165) is 0 Å². The van der Waals surface area contributed by atoms with E-state index >= 15 is 0 Å². The fourth-order valence-corrected chi connectivity index (χ4v) is 1.92. The standard InChI is InChI=1S/C11H14N2O4/c1-3-11(4-2,13(16)17)9-5-7-10(8-6-9)12(14)15/h5-8H,3-4H2,1-2H3. The fraction of sp³-hybridized carbons (Fsp3) is 0.455. The van der Waals surface area contributed by atoms with Crippen molar-refractivity contribution in [3.05, 3.63) is 50.1 Å². The molecule has 0 saturated heterocycles. The molecule has 17 heavy (non-hydrogen) atoms. The Morgan fingerprint density at radius 1 is 1.06 bits per heavy atom. The SMILES string of the molecule is CCC(CC)(c1ccc([N+](=O)[O-])cc1)[N+](=O)[O-]. The van der Waals surface area contributed by atoms with Crippen molar-refractivity contribution in [2.75, 3.05) is 0 Å². The molecule has 0 aromatic heterocycles. The van der Waals surface area contributed by atoms with Crippen LogP contribution >= 0.6 is 0 Å². The molecule has 0 bridgehead atoms. The highest BCUT2D eigenvalue weighted by Crippen LogP contribution is 2.33. The first-order valence-electron chi connectivity index (χ1n) is 5.37. The molecule has 0 spiro atoms. The Hall–Kier alpha value is -1.98. The molecule has 92 valence electrons. The molecule has 6 heteroatoms. The van der Waals surface area contributed by atoms with E-state index in [9.17, 15) is 20.2 Å². The summed E-state index contributed by atoms with van der Waals surface area (Å²) < 4.78 is 0. The highest BCUT2D eigenvalue weighted by Gasteiger charge is 2.41. The van der Waals surface area contributed by atoms with E-state index in [4.69, 9.17) is 0 Å². The number of nitro groups is 2. The minimum Gasteiger partial charge on any atom is -0.264 e. The zero-order valence-corrected chi connectivity index (χ0v) is 9.75. The van der Waals surface area contributed by atoms with Crippen LogP contribution in [0.25, 0.3) is 0 Å². The number of non-ortho nitro benzene ring substituents is 1. The lowest BCUT2D eigenvalue weighted by Crippen LogP contribution is -2.33. The molecular weight excluding hydrogens is 224 g/mol. The van der Waals surface area contributed by atoms with Crippen LogP contribution in [0.2, 0.25) is 0 Å². The van der Waals surface area contributed by atoms with Gasteiger partial charge < -0.3 is 0 Å². The summed E-state index contributed by atoms with van der Waals surface area (Å²) in [4.78, 5) is 20.9. The first-order valence-corrected chi connectivity index (χ1v) is 5.37. The van der Waals surface area contributed by atoms with Crippen LogP contribution in [0.3, 0.4) is 0 Å². The predicted octanol–water partition coefficient (Wildman–Crippen LogP) is 2.89. The lowest BCUT2D eigenvalue weighted by Gasteiger charge is -2.22. The van der Waals surface area contributed by atoms with Gasteiger partial charge in [0.05, 0.1) is 4.92 Å². The summed E-state index contributed by atoms with van der Waals surface area (Å²) in [6.45, 7) is 3.49. The van der Waals surface area contributed by atoms with Gasteiger partial charge in [-0.2, -0.15) is 0 Å². The third kappa shape index (κ3) is 2.25. The molecule has 0 N–H and O–H groups in total. The van der Waals surface area contributed by atoms with Crippen molar-refractivity contribution in [2.45, 2.75) is 32.2 Å². The molecular formula is C11H14N2O4. The maximum Gasteiger partial charge on any atom is 0.269 e. The van der Waals surface area contributed by atoms with Crippen LogP contribution in [-0.4, -0.2) is 9.85 Å². The molecule has 0 aliphatic carbocycles. The largest absolute Gasteiger partial charge is 0.269 e. The molecule has 0 fully saturated rings. The van der Waals surface area contributed by atoms with Gasteiger partial charge in [-0.05, 0) is 12.1 Å². The summed E-state index contributed by atoms with van der Waals surface area (Å²) in [7, 11) is 0. The smallest absolute Gasteiger partial charge is 0.264 e. The first kappa shape index (κ1) is 13.1. The number of hydrogen-bond acceptors (Lipinski definition) is 4. The quantitative estimate of drug-likeness (QED) is 0.583. The molecule has 6 nitrogen and oxygen atoms in total. The Bertz CT molecular complexity index is 424. The van der Waals surface area contributed by atoms with Crippen LogP contribution in [0, 0.1) is 20.2 Å². The van der Waals surface area contributed by atoms with Crippen LogP contribution in [0.1, 0.15) is 32.3 Å². The Kier molecular flexibility index (Phi) is 3.77. The summed E-state index contributed by atoms with van der Waals surface area (Å²) in [6, 6.07) is 5.54. The van der Waals surface area contributed by atoms with Gasteiger partial charge in [0.25, 0.3) is 5.69 Å². The minimum atomic E-state index is -1.14. The summed E-state index contributed by atoms with van der Waals surface area (Å²) in [6.07, 6.45) is 0.711. The normalized spacial score (nSPS) is 11.2. The van der Waals surface area contributed by atoms with Crippen LogP contribution < -0.4 is 0 Å². The van der Waals surface area contributed by atoms with E-state index in [1.165, 1.54) is 24.3 Å². The Labute approximate surface area is 98.6 Å². The monoisotopic (exact) mass is 238 g/mol. The van der Waals surface area contributed by atoms with Gasteiger partial charge in [0.1, 0.15) is 0 Å². The molecule has 0 saturated carbocycles. The van der Waals surface area contributed by atoms with Crippen LogP contribution in [0.15, 0.2) is 24.3 Å². The highest BCUT2D eigenvalue weighted by molar-refractivity contribution is 5.35. The molecule has 0 amide bonds. The van der Waals surface area contributed by atoms with E-state index in [2.05, 4.69) is 0 Å². The zero-order chi connectivity index (χ0) is 13.1. The van der Waals surface area contributed by atoms with E-state index in [1.54, 1.807) is 13.8 Å². The number of nitro benzene ring substituents is 1. The molecule has 0 radical (unpaired) electrons. The lowest BCUT2D eigenvalue weighted by molar-refractivity contribution is -0.581. The van der Waals surface area contributed by atoms with Crippen molar-refractivity contribution in [3.8, 4) is 0 Å². The molecule has 1 aromatic carbocycles. The second-order valence-electron chi connectivity index (χ2n) is 3.80. The number of nitrogens with zero attached hydrogens (tertiary/aromatic N) is 2. The molecule has 0 atom stereocenters. The number of rotatable bonds is 5. The lowest BCUT2D eigenvalue weighted by atomic mass is 9.85. The molecule has 1 rings (SSSR count). The van der Waals surface area contributed by atoms with Crippen LogP contribution in [0.5, 0.6) is 0 Å². The summed E-state index contributed by atoms with van der Waals surface area (Å²) in [5.41, 5.74) is -0.689. The maximum absolute atomic E-state index is 11.2. The average Bonchev–Trinajstić information content (AvgIpc) is 2.31. The fourth-order valence-electron chi connectivity index (χ4n) is 1.92. The molecule has 0 aliphatic rings. The van der Waals surface area contributed by atoms with Gasteiger partial charge in [0, 0.05) is 35.5 Å². The van der Waals surface area contributed by atoms with Gasteiger partial charge in [-0.1, -0.05) is 13.8 Å². The average molecular weight is 238 g/mol. The number of benzene rings is 1. The van der Waals surface area contributed by atoms with Gasteiger partial charge in [0.15, 0.2) is 0 Å². The van der Waals surface area contributed by atoms with Gasteiger partial charge >= 0.3 is 0 Å². The summed E-state index contributed by atoms with van der Waals surface area (Å²) >= 11 is 0. The van der Waals surface area contributed by atoms with Crippen molar-refractivity contribution in [2.24, 2.45) is 0 Å². The van der Waals surface area contributed by atoms with Gasteiger partial charge in [0.2, 0.25) is 5.54 Å². The zero-order valence-electron chi connectivity index (χ0n) is 9.75. The van der Waals surface area contributed by atoms with Gasteiger partial charge in [-0.15, -0.1) is 0 Å². The molecule has 0 heterocycles. The van der Waals surface area contributed by atoms with Gasteiger partial charge in [-0.3, -0.25) is 20.2 Å². The third-order valence-corrected chi connectivity index (χ3v) is 3.13. The topological polar surface area (TPSA) is 86.3 Å². The molecule has 1 aromatic rings. The van der Waals surface area contributed by atoms with Crippen LogP contribution in [-0.2, 0) is 5.54 Å². The predicted molar refractivity (Wildman–Crippen MR) is 62.4 cm³/mol. The third-order valence-electron chi connectivity index (χ3n) is 3.13. The first-order chi connectivity index (χ1) is 7.97. The minimum absolute atomic E-state index is 0.0572. The van der Waals surface area contributed by atoms with Crippen molar-refractivity contribution in [1.82, 2.24) is 0 Å². The van der Waals surface area contributed by atoms with E-state index in [0.29, 0.717) is 18.4 Å². The Balaban J connectivity index is 3.21. The summed E-state index contributed by atoms with van der Waals surface area (Å²) in [5.74, 6) is 0. The van der Waals surface area contributed by atoms with Crippen molar-refractivity contribution < 1.29 is 9.85 Å². The van der Waals surface area contributed by atoms with Crippen molar-refractivity contribution in [3.63, 3.8) is 0 Å². The molecule has 0 aliphatic heterocycles. The highest BCUT2D eigenvalue weighted by atomic mass is 16.6. The Morgan fingerprint density at radius 2 is 1.53 bits per heavy atom. The van der Waals surface area contributed by atoms with Crippen LogP contribution in [0.4, 0.5) is 5.69 Å². The van der Waals surface area contributed by atoms with E-state index in [1.807, 2.05) is 0 Å². The maximum atomic E-state index is 11.2. The second kappa shape index (κ2) is 4.90.